The van der Waals surface area contributed by atoms with Crippen LogP contribution >= 0.6 is 0 Å². The lowest BCUT2D eigenvalue weighted by atomic mass is 9.74. The van der Waals surface area contributed by atoms with Gasteiger partial charge in [0.1, 0.15) is 0 Å². The van der Waals surface area contributed by atoms with E-state index in [1.54, 1.807) is 0 Å². The maximum absolute atomic E-state index is 12.2. The minimum absolute atomic E-state index is 0.0178. The molecule has 1 aliphatic carbocycles. The fourth-order valence-electron chi connectivity index (χ4n) is 3.13. The molecule has 4 nitrogen and oxygen atoms in total. The highest BCUT2D eigenvalue weighted by Crippen LogP contribution is 2.31. The van der Waals surface area contributed by atoms with Gasteiger partial charge in [-0.2, -0.15) is 0 Å². The van der Waals surface area contributed by atoms with Crippen LogP contribution in [0.15, 0.2) is 0 Å². The van der Waals surface area contributed by atoms with Gasteiger partial charge in [0, 0.05) is 18.7 Å². The Hall–Kier alpha value is -0.610. The summed E-state index contributed by atoms with van der Waals surface area (Å²) in [7, 11) is 0. The molecule has 0 aromatic carbocycles. The molecular weight excluding hydrogens is 228 g/mol. The maximum Gasteiger partial charge on any atom is 0.224 e. The summed E-state index contributed by atoms with van der Waals surface area (Å²) in [6.07, 6.45) is 6.42. The molecule has 3 N–H and O–H groups in total. The Kier molecular flexibility index (Phi) is 4.62. The van der Waals surface area contributed by atoms with Crippen molar-refractivity contribution in [3.8, 4) is 0 Å². The number of rotatable bonds is 3. The molecule has 2 aliphatic rings. The molecule has 4 heteroatoms. The van der Waals surface area contributed by atoms with Gasteiger partial charge in [-0.15, -0.1) is 0 Å². The fourth-order valence-corrected chi connectivity index (χ4v) is 3.13. The number of nitrogens with two attached hydrogens (primary N) is 1. The number of amides is 1. The van der Waals surface area contributed by atoms with Crippen molar-refractivity contribution in [3.63, 3.8) is 0 Å². The lowest BCUT2D eigenvalue weighted by molar-refractivity contribution is -0.128. The first-order chi connectivity index (χ1) is 8.59. The van der Waals surface area contributed by atoms with Crippen LogP contribution in [-0.4, -0.2) is 31.2 Å². The largest absolute Gasteiger partial charge is 0.381 e. The smallest absolute Gasteiger partial charge is 0.224 e. The zero-order valence-electron chi connectivity index (χ0n) is 11.4. The van der Waals surface area contributed by atoms with E-state index in [9.17, 15) is 4.79 Å². The van der Waals surface area contributed by atoms with Crippen LogP contribution in [-0.2, 0) is 9.53 Å². The van der Waals surface area contributed by atoms with Gasteiger partial charge in [-0.1, -0.05) is 12.8 Å². The molecule has 3 unspecified atom stereocenters. The van der Waals surface area contributed by atoms with Crippen molar-refractivity contribution in [1.29, 1.82) is 0 Å². The van der Waals surface area contributed by atoms with Crippen LogP contribution in [0, 0.1) is 11.8 Å². The summed E-state index contributed by atoms with van der Waals surface area (Å²) in [5.41, 5.74) is 5.92. The summed E-state index contributed by atoms with van der Waals surface area (Å²) < 4.78 is 5.42. The van der Waals surface area contributed by atoms with Crippen LogP contribution in [0.2, 0.25) is 0 Å². The van der Waals surface area contributed by atoms with Crippen molar-refractivity contribution >= 4 is 5.91 Å². The summed E-state index contributed by atoms with van der Waals surface area (Å²) in [4.78, 5) is 12.2. The zero-order valence-corrected chi connectivity index (χ0v) is 11.4. The van der Waals surface area contributed by atoms with Crippen molar-refractivity contribution in [2.75, 3.05) is 19.8 Å². The fraction of sp³-hybridized carbons (Fsp3) is 0.929. The quantitative estimate of drug-likeness (QED) is 0.801. The molecule has 2 rings (SSSR count). The topological polar surface area (TPSA) is 64.4 Å². The summed E-state index contributed by atoms with van der Waals surface area (Å²) >= 11 is 0. The first kappa shape index (κ1) is 13.8. The van der Waals surface area contributed by atoms with Gasteiger partial charge < -0.3 is 15.8 Å². The van der Waals surface area contributed by atoms with Crippen LogP contribution < -0.4 is 11.1 Å². The van der Waals surface area contributed by atoms with Crippen molar-refractivity contribution in [2.45, 2.75) is 51.0 Å². The number of nitrogens with one attached hydrogen (secondary N) is 1. The molecule has 1 amide bonds. The molecule has 1 saturated heterocycles. The maximum atomic E-state index is 12.2. The second-order valence-corrected chi connectivity index (χ2v) is 6.13. The molecular formula is C14H26N2O2. The lowest BCUT2D eigenvalue weighted by Crippen LogP contribution is -2.53. The highest BCUT2D eigenvalue weighted by atomic mass is 16.5. The van der Waals surface area contributed by atoms with Crippen LogP contribution in [0.4, 0.5) is 0 Å². The van der Waals surface area contributed by atoms with Crippen LogP contribution in [0.1, 0.15) is 45.4 Å². The molecule has 1 aliphatic heterocycles. The van der Waals surface area contributed by atoms with Crippen LogP contribution in [0.3, 0.4) is 0 Å². The first-order valence-corrected chi connectivity index (χ1v) is 7.24. The van der Waals surface area contributed by atoms with Gasteiger partial charge in [-0.3, -0.25) is 4.79 Å². The molecule has 0 bridgehead atoms. The standard InChI is InChI=1S/C14H26N2O2/c1-14(15)7-3-2-6-12(14)13(17)16-9-11-5-4-8-18-10-11/h11-12H,2-10,15H2,1H3,(H,16,17). The summed E-state index contributed by atoms with van der Waals surface area (Å²) in [5.74, 6) is 0.608. The van der Waals surface area contributed by atoms with Gasteiger partial charge in [0.2, 0.25) is 5.91 Å². The summed E-state index contributed by atoms with van der Waals surface area (Å²) in [6.45, 7) is 4.41. The monoisotopic (exact) mass is 254 g/mol. The van der Waals surface area contributed by atoms with Gasteiger partial charge in [0.05, 0.1) is 12.5 Å². The molecule has 18 heavy (non-hydrogen) atoms. The van der Waals surface area contributed by atoms with Crippen LogP contribution in [0.5, 0.6) is 0 Å². The third-order valence-electron chi connectivity index (χ3n) is 4.39. The van der Waals surface area contributed by atoms with E-state index in [2.05, 4.69) is 5.32 Å². The van der Waals surface area contributed by atoms with E-state index < -0.39 is 0 Å². The van der Waals surface area contributed by atoms with Gasteiger partial charge >= 0.3 is 0 Å². The molecule has 0 radical (unpaired) electrons. The highest BCUT2D eigenvalue weighted by Gasteiger charge is 2.37. The number of ether oxygens (including phenoxy) is 1. The number of hydrogen-bond donors (Lipinski definition) is 2. The Balaban J connectivity index is 1.79. The van der Waals surface area contributed by atoms with E-state index in [1.165, 1.54) is 0 Å². The van der Waals surface area contributed by atoms with Crippen molar-refractivity contribution < 1.29 is 9.53 Å². The predicted molar refractivity (Wildman–Crippen MR) is 71.1 cm³/mol. The Morgan fingerprint density at radius 1 is 1.39 bits per heavy atom. The highest BCUT2D eigenvalue weighted by molar-refractivity contribution is 5.80. The molecule has 0 aromatic rings. The van der Waals surface area contributed by atoms with E-state index in [1.807, 2.05) is 6.92 Å². The second-order valence-electron chi connectivity index (χ2n) is 6.13. The Bertz CT molecular complexity index is 286. The molecule has 3 atom stereocenters. The summed E-state index contributed by atoms with van der Waals surface area (Å²) in [6, 6.07) is 0. The Morgan fingerprint density at radius 2 is 2.22 bits per heavy atom. The van der Waals surface area contributed by atoms with Gasteiger partial charge in [0.25, 0.3) is 0 Å². The zero-order chi connectivity index (χ0) is 13.0. The third kappa shape index (κ3) is 3.45. The minimum atomic E-state index is -0.328. The third-order valence-corrected chi connectivity index (χ3v) is 4.39. The molecule has 1 saturated carbocycles. The SMILES string of the molecule is CC1(N)CCCCC1C(=O)NCC1CCCOC1. The molecule has 1 heterocycles. The minimum Gasteiger partial charge on any atom is -0.381 e. The lowest BCUT2D eigenvalue weighted by Gasteiger charge is -2.37. The van der Waals surface area contributed by atoms with E-state index >= 15 is 0 Å². The number of carbonyl (C=O) groups is 1. The van der Waals surface area contributed by atoms with Crippen molar-refractivity contribution in [3.05, 3.63) is 0 Å². The van der Waals surface area contributed by atoms with Gasteiger partial charge in [-0.05, 0) is 38.5 Å². The van der Waals surface area contributed by atoms with Crippen molar-refractivity contribution in [1.82, 2.24) is 5.32 Å². The molecule has 0 spiro atoms. The summed E-state index contributed by atoms with van der Waals surface area (Å²) in [5, 5.41) is 3.08. The Labute approximate surface area is 110 Å². The number of carbonyl (C=O) groups excluding carboxylic acids is 1. The molecule has 0 aromatic heterocycles. The molecule has 104 valence electrons. The van der Waals surface area contributed by atoms with E-state index in [0.29, 0.717) is 5.92 Å². The van der Waals surface area contributed by atoms with E-state index in [-0.39, 0.29) is 17.4 Å². The van der Waals surface area contributed by atoms with E-state index in [0.717, 1.165) is 58.3 Å². The Morgan fingerprint density at radius 3 is 2.89 bits per heavy atom. The molecule has 2 fully saturated rings. The number of hydrogen-bond acceptors (Lipinski definition) is 3. The average molecular weight is 254 g/mol. The van der Waals surface area contributed by atoms with E-state index in [4.69, 9.17) is 10.5 Å². The van der Waals surface area contributed by atoms with Gasteiger partial charge in [-0.25, -0.2) is 0 Å². The first-order valence-electron chi connectivity index (χ1n) is 7.24. The normalized spacial score (nSPS) is 37.2. The van der Waals surface area contributed by atoms with Crippen LogP contribution in [0.25, 0.3) is 0 Å². The van der Waals surface area contributed by atoms with Crippen molar-refractivity contribution in [2.24, 2.45) is 17.6 Å². The van der Waals surface area contributed by atoms with Gasteiger partial charge in [0.15, 0.2) is 0 Å². The second kappa shape index (κ2) is 6.02. The predicted octanol–water partition coefficient (Wildman–Crippen LogP) is 1.44. The average Bonchev–Trinajstić information content (AvgIpc) is 2.37.